The van der Waals surface area contributed by atoms with Gasteiger partial charge < -0.3 is 10.4 Å². The zero-order valence-corrected chi connectivity index (χ0v) is 12.7. The van der Waals surface area contributed by atoms with Crippen LogP contribution < -0.4 is 5.32 Å². The first-order valence-corrected chi connectivity index (χ1v) is 8.93. The second-order valence-electron chi connectivity index (χ2n) is 6.12. The van der Waals surface area contributed by atoms with Crippen LogP contribution in [0.4, 0.5) is 0 Å². The summed E-state index contributed by atoms with van der Waals surface area (Å²) >= 11 is 0. The molecule has 2 bridgehead atoms. The lowest BCUT2D eigenvalue weighted by Crippen LogP contribution is -2.48. The lowest BCUT2D eigenvalue weighted by Gasteiger charge is -2.36. The molecule has 2 aliphatic heterocycles. The Bertz CT molecular complexity index is 383. The van der Waals surface area contributed by atoms with Crippen molar-refractivity contribution in [3.63, 3.8) is 0 Å². The van der Waals surface area contributed by atoms with Crippen LogP contribution in [0.1, 0.15) is 46.0 Å². The summed E-state index contributed by atoms with van der Waals surface area (Å²) in [4.78, 5) is 0. The van der Waals surface area contributed by atoms with E-state index < -0.39 is 10.0 Å². The molecule has 112 valence electrons. The van der Waals surface area contributed by atoms with Gasteiger partial charge in [-0.15, -0.1) is 0 Å². The Labute approximate surface area is 116 Å². The summed E-state index contributed by atoms with van der Waals surface area (Å²) in [5.74, 6) is 0.218. The quantitative estimate of drug-likeness (QED) is 0.706. The second-order valence-corrected chi connectivity index (χ2v) is 8.11. The molecular formula is C13H26N2O3S. The van der Waals surface area contributed by atoms with Crippen LogP contribution in [-0.4, -0.2) is 54.4 Å². The van der Waals surface area contributed by atoms with E-state index in [2.05, 4.69) is 19.2 Å². The van der Waals surface area contributed by atoms with Crippen molar-refractivity contribution >= 4 is 10.0 Å². The number of sulfonamides is 1. The molecule has 6 heteroatoms. The molecule has 2 fully saturated rings. The molecule has 0 radical (unpaired) electrons. The fourth-order valence-electron chi connectivity index (χ4n) is 3.31. The molecule has 2 atom stereocenters. The molecule has 2 aliphatic rings. The molecule has 0 saturated carbocycles. The molecule has 2 unspecified atom stereocenters. The number of nitrogens with one attached hydrogen (secondary N) is 1. The maximum atomic E-state index is 12.4. The van der Waals surface area contributed by atoms with Crippen molar-refractivity contribution in [2.45, 2.75) is 70.2 Å². The predicted octanol–water partition coefficient (Wildman–Crippen LogP) is 0.692. The number of hydrogen-bond acceptors (Lipinski definition) is 4. The SMILES string of the molecule is CC(C)NCCCS(=O)(=O)N1C2CCC1CC(O)C2. The van der Waals surface area contributed by atoms with Crippen molar-refractivity contribution in [3.05, 3.63) is 0 Å². The van der Waals surface area contributed by atoms with Gasteiger partial charge in [0.15, 0.2) is 0 Å². The molecule has 0 spiro atoms. The molecule has 0 aromatic carbocycles. The van der Waals surface area contributed by atoms with E-state index in [4.69, 9.17) is 0 Å². The van der Waals surface area contributed by atoms with E-state index in [1.54, 1.807) is 4.31 Å². The zero-order chi connectivity index (χ0) is 14.0. The zero-order valence-electron chi connectivity index (χ0n) is 11.9. The minimum Gasteiger partial charge on any atom is -0.393 e. The Morgan fingerprint density at radius 2 is 1.84 bits per heavy atom. The minimum atomic E-state index is -3.16. The topological polar surface area (TPSA) is 69.6 Å². The van der Waals surface area contributed by atoms with Crippen LogP contribution in [-0.2, 0) is 10.0 Å². The molecule has 2 saturated heterocycles. The van der Waals surface area contributed by atoms with Gasteiger partial charge in [-0.2, -0.15) is 4.31 Å². The fraction of sp³-hybridized carbons (Fsp3) is 1.00. The van der Waals surface area contributed by atoms with Crippen LogP contribution in [0.3, 0.4) is 0 Å². The van der Waals surface area contributed by atoms with Crippen molar-refractivity contribution in [1.29, 1.82) is 0 Å². The number of aliphatic hydroxyl groups is 1. The van der Waals surface area contributed by atoms with Crippen LogP contribution in [0.5, 0.6) is 0 Å². The number of rotatable bonds is 6. The Morgan fingerprint density at radius 3 is 2.37 bits per heavy atom. The summed E-state index contributed by atoms with van der Waals surface area (Å²) in [7, 11) is -3.16. The number of aliphatic hydroxyl groups excluding tert-OH is 1. The summed E-state index contributed by atoms with van der Waals surface area (Å²) in [5.41, 5.74) is 0. The van der Waals surface area contributed by atoms with E-state index in [0.717, 1.165) is 19.4 Å². The molecule has 2 heterocycles. The molecule has 0 aromatic rings. The standard InChI is InChI=1S/C13H26N2O3S/c1-10(2)14-6-3-7-19(17,18)15-11-4-5-12(15)9-13(16)8-11/h10-14,16H,3-9H2,1-2H3. The largest absolute Gasteiger partial charge is 0.393 e. The van der Waals surface area contributed by atoms with E-state index in [0.29, 0.717) is 25.3 Å². The first kappa shape index (κ1) is 15.2. The van der Waals surface area contributed by atoms with Crippen molar-refractivity contribution in [2.75, 3.05) is 12.3 Å². The third-order valence-electron chi connectivity index (χ3n) is 4.09. The molecular weight excluding hydrogens is 264 g/mol. The highest BCUT2D eigenvalue weighted by molar-refractivity contribution is 7.89. The van der Waals surface area contributed by atoms with E-state index in [-0.39, 0.29) is 23.9 Å². The second kappa shape index (κ2) is 6.08. The van der Waals surface area contributed by atoms with Gasteiger partial charge in [0, 0.05) is 18.1 Å². The van der Waals surface area contributed by atoms with Crippen molar-refractivity contribution in [1.82, 2.24) is 9.62 Å². The van der Waals surface area contributed by atoms with E-state index in [1.807, 2.05) is 0 Å². The van der Waals surface area contributed by atoms with Gasteiger partial charge >= 0.3 is 0 Å². The fourth-order valence-corrected chi connectivity index (χ4v) is 5.32. The predicted molar refractivity (Wildman–Crippen MR) is 75.4 cm³/mol. The lowest BCUT2D eigenvalue weighted by atomic mass is 10.0. The highest BCUT2D eigenvalue weighted by Crippen LogP contribution is 2.37. The third-order valence-corrected chi connectivity index (χ3v) is 6.14. The number of hydrogen-bond donors (Lipinski definition) is 2. The highest BCUT2D eigenvalue weighted by Gasteiger charge is 2.45. The molecule has 0 amide bonds. The Kier molecular flexibility index (Phi) is 4.87. The summed E-state index contributed by atoms with van der Waals surface area (Å²) in [6.07, 6.45) is 3.38. The summed E-state index contributed by atoms with van der Waals surface area (Å²) in [5, 5.41) is 13.0. The van der Waals surface area contributed by atoms with Crippen LogP contribution in [0.25, 0.3) is 0 Å². The average molecular weight is 290 g/mol. The van der Waals surface area contributed by atoms with E-state index in [1.165, 1.54) is 0 Å². The molecule has 19 heavy (non-hydrogen) atoms. The van der Waals surface area contributed by atoms with Crippen molar-refractivity contribution in [3.8, 4) is 0 Å². The van der Waals surface area contributed by atoms with E-state index in [9.17, 15) is 13.5 Å². The summed E-state index contributed by atoms with van der Waals surface area (Å²) in [6, 6.07) is 0.470. The van der Waals surface area contributed by atoms with Gasteiger partial charge in [0.2, 0.25) is 10.0 Å². The normalized spacial score (nSPS) is 32.1. The smallest absolute Gasteiger partial charge is 0.214 e. The van der Waals surface area contributed by atoms with Gasteiger partial charge in [0.25, 0.3) is 0 Å². The van der Waals surface area contributed by atoms with Crippen LogP contribution in [0.2, 0.25) is 0 Å². The first-order valence-electron chi connectivity index (χ1n) is 7.33. The van der Waals surface area contributed by atoms with Crippen molar-refractivity contribution < 1.29 is 13.5 Å². The number of piperidine rings is 1. The van der Waals surface area contributed by atoms with Gasteiger partial charge in [-0.25, -0.2) is 8.42 Å². The van der Waals surface area contributed by atoms with Crippen LogP contribution in [0, 0.1) is 0 Å². The molecule has 5 nitrogen and oxygen atoms in total. The number of fused-ring (bicyclic) bond motifs is 2. The molecule has 0 aliphatic carbocycles. The number of nitrogens with zero attached hydrogens (tertiary/aromatic N) is 1. The maximum Gasteiger partial charge on any atom is 0.214 e. The van der Waals surface area contributed by atoms with Gasteiger partial charge in [-0.3, -0.25) is 0 Å². The first-order chi connectivity index (χ1) is 8.90. The van der Waals surface area contributed by atoms with Gasteiger partial charge in [0.1, 0.15) is 0 Å². The average Bonchev–Trinajstić information content (AvgIpc) is 2.59. The minimum absolute atomic E-state index is 0.0387. The van der Waals surface area contributed by atoms with Crippen LogP contribution in [0.15, 0.2) is 0 Å². The Morgan fingerprint density at radius 1 is 1.26 bits per heavy atom. The highest BCUT2D eigenvalue weighted by atomic mass is 32.2. The lowest BCUT2D eigenvalue weighted by molar-refractivity contribution is 0.0769. The Hall–Kier alpha value is -0.170. The van der Waals surface area contributed by atoms with Gasteiger partial charge in [-0.05, 0) is 38.6 Å². The van der Waals surface area contributed by atoms with Crippen molar-refractivity contribution in [2.24, 2.45) is 0 Å². The van der Waals surface area contributed by atoms with E-state index >= 15 is 0 Å². The monoisotopic (exact) mass is 290 g/mol. The van der Waals surface area contributed by atoms with Crippen LogP contribution >= 0.6 is 0 Å². The maximum absolute atomic E-state index is 12.4. The van der Waals surface area contributed by atoms with Gasteiger partial charge in [-0.1, -0.05) is 13.8 Å². The molecule has 2 N–H and O–H groups in total. The molecule has 0 aromatic heterocycles. The summed E-state index contributed by atoms with van der Waals surface area (Å²) < 4.78 is 26.5. The molecule has 2 rings (SSSR count). The third kappa shape index (κ3) is 3.68. The van der Waals surface area contributed by atoms with Gasteiger partial charge in [0.05, 0.1) is 11.9 Å². The summed E-state index contributed by atoms with van der Waals surface area (Å²) in [6.45, 7) is 4.85. The Balaban J connectivity index is 1.89.